The lowest BCUT2D eigenvalue weighted by atomic mass is 10.1. The van der Waals surface area contributed by atoms with Gasteiger partial charge in [-0.2, -0.15) is 23.5 Å². The van der Waals surface area contributed by atoms with Gasteiger partial charge >= 0.3 is 6.18 Å². The van der Waals surface area contributed by atoms with Gasteiger partial charge in [0, 0.05) is 6.54 Å². The van der Waals surface area contributed by atoms with Gasteiger partial charge in [0.2, 0.25) is 0 Å². The maximum atomic E-state index is 13.3. The normalized spacial score (nSPS) is 16.9. The summed E-state index contributed by atoms with van der Waals surface area (Å²) < 4.78 is 40.5. The minimum absolute atomic E-state index is 0.0121. The van der Waals surface area contributed by atoms with Crippen molar-refractivity contribution in [3.05, 3.63) is 58.3 Å². The Kier molecular flexibility index (Phi) is 4.66. The Morgan fingerprint density at radius 1 is 1.24 bits per heavy atom. The summed E-state index contributed by atoms with van der Waals surface area (Å²) in [4.78, 5) is 19.0. The molecule has 0 spiro atoms. The van der Waals surface area contributed by atoms with Crippen LogP contribution in [0.2, 0.25) is 0 Å². The Labute approximate surface area is 163 Å². The number of aromatic nitrogens is 4. The van der Waals surface area contributed by atoms with Crippen LogP contribution in [0, 0.1) is 11.3 Å². The Morgan fingerprint density at radius 3 is 2.79 bits per heavy atom. The van der Waals surface area contributed by atoms with Gasteiger partial charge < -0.3 is 4.90 Å². The molecule has 4 rings (SSSR count). The van der Waals surface area contributed by atoms with Crippen LogP contribution in [0.3, 0.4) is 0 Å². The number of rotatable bonds is 3. The highest BCUT2D eigenvalue weighted by atomic mass is 19.4. The molecule has 0 N–H and O–H groups in total. The molecule has 148 valence electrons. The van der Waals surface area contributed by atoms with Crippen molar-refractivity contribution >= 4 is 16.7 Å². The van der Waals surface area contributed by atoms with Crippen molar-refractivity contribution in [1.29, 1.82) is 5.26 Å². The Morgan fingerprint density at radius 2 is 2.03 bits per heavy atom. The van der Waals surface area contributed by atoms with Crippen molar-refractivity contribution in [1.82, 2.24) is 19.7 Å². The quantitative estimate of drug-likeness (QED) is 0.672. The van der Waals surface area contributed by atoms with E-state index in [9.17, 15) is 23.2 Å². The summed E-state index contributed by atoms with van der Waals surface area (Å²) in [5.41, 5.74) is -0.149. The van der Waals surface area contributed by atoms with Gasteiger partial charge in [-0.05, 0) is 31.0 Å². The molecule has 0 radical (unpaired) electrons. The van der Waals surface area contributed by atoms with Crippen LogP contribution in [-0.2, 0) is 6.54 Å². The first-order valence-corrected chi connectivity index (χ1v) is 8.94. The van der Waals surface area contributed by atoms with E-state index in [-0.39, 0.29) is 22.6 Å². The van der Waals surface area contributed by atoms with Gasteiger partial charge in [-0.25, -0.2) is 4.98 Å². The summed E-state index contributed by atoms with van der Waals surface area (Å²) in [7, 11) is 0. The summed E-state index contributed by atoms with van der Waals surface area (Å²) >= 11 is 0. The summed E-state index contributed by atoms with van der Waals surface area (Å²) in [6.07, 6.45) is -2.08. The van der Waals surface area contributed by atoms with E-state index in [1.165, 1.54) is 18.3 Å². The Bertz CT molecular complexity index is 1170. The molecule has 0 saturated carbocycles. The summed E-state index contributed by atoms with van der Waals surface area (Å²) in [5.74, 6) is 0.288. The van der Waals surface area contributed by atoms with Gasteiger partial charge in [0.05, 0.1) is 28.7 Å². The summed E-state index contributed by atoms with van der Waals surface area (Å²) in [6, 6.07) is 9.22. The van der Waals surface area contributed by atoms with Crippen molar-refractivity contribution in [3.63, 3.8) is 0 Å². The molecule has 1 atom stereocenters. The van der Waals surface area contributed by atoms with Crippen molar-refractivity contribution < 1.29 is 13.2 Å². The van der Waals surface area contributed by atoms with Gasteiger partial charge in [0.15, 0.2) is 5.82 Å². The first-order valence-electron chi connectivity index (χ1n) is 8.94. The van der Waals surface area contributed by atoms with E-state index in [1.807, 2.05) is 6.07 Å². The predicted molar refractivity (Wildman–Crippen MR) is 98.1 cm³/mol. The van der Waals surface area contributed by atoms with Crippen LogP contribution >= 0.6 is 0 Å². The van der Waals surface area contributed by atoms with Crippen molar-refractivity contribution in [2.24, 2.45) is 0 Å². The van der Waals surface area contributed by atoms with Crippen LogP contribution in [0.15, 0.2) is 41.3 Å². The number of hydrogen-bond donors (Lipinski definition) is 0. The molecule has 1 aliphatic heterocycles. The van der Waals surface area contributed by atoms with Crippen LogP contribution in [0.4, 0.5) is 19.0 Å². The lowest BCUT2D eigenvalue weighted by Gasteiger charge is -2.27. The third-order valence-electron chi connectivity index (χ3n) is 4.87. The first-order chi connectivity index (χ1) is 13.9. The maximum Gasteiger partial charge on any atom is 0.406 e. The second-order valence-electron chi connectivity index (χ2n) is 6.73. The number of halogens is 3. The molecule has 0 aliphatic carbocycles. The zero-order valence-electron chi connectivity index (χ0n) is 15.1. The first kappa shape index (κ1) is 18.9. The molecule has 3 heterocycles. The van der Waals surface area contributed by atoms with E-state index in [2.05, 4.69) is 15.2 Å². The standard InChI is InChI=1S/C19H15F3N6O/c20-19(21,22)11-28-17(25-14-5-2-1-4-13(14)18(28)29)15-6-3-9-27(15)16-12(10-23)7-8-24-26-16/h1-2,4-5,7-8,15H,3,6,9,11H2. The molecular weight excluding hydrogens is 385 g/mol. The number of para-hydroxylation sites is 1. The zero-order valence-corrected chi connectivity index (χ0v) is 15.1. The van der Waals surface area contributed by atoms with Gasteiger partial charge in [-0.1, -0.05) is 12.1 Å². The van der Waals surface area contributed by atoms with Gasteiger partial charge in [0.25, 0.3) is 5.56 Å². The molecule has 3 aromatic rings. The van der Waals surface area contributed by atoms with Crippen LogP contribution in [-0.4, -0.2) is 32.5 Å². The Balaban J connectivity index is 1.91. The van der Waals surface area contributed by atoms with Crippen LogP contribution in [0.5, 0.6) is 0 Å². The fourth-order valence-electron chi connectivity index (χ4n) is 3.68. The Hall–Kier alpha value is -3.48. The number of anilines is 1. The lowest BCUT2D eigenvalue weighted by Crippen LogP contribution is -2.36. The number of benzene rings is 1. The minimum atomic E-state index is -4.59. The molecule has 0 amide bonds. The van der Waals surface area contributed by atoms with Crippen molar-refractivity contribution in [2.75, 3.05) is 11.4 Å². The molecular formula is C19H15F3N6O. The number of nitrogens with zero attached hydrogens (tertiary/aromatic N) is 6. The second-order valence-corrected chi connectivity index (χ2v) is 6.73. The van der Waals surface area contributed by atoms with E-state index in [4.69, 9.17) is 0 Å². The third kappa shape index (κ3) is 3.51. The fraction of sp³-hybridized carbons (Fsp3) is 0.316. The van der Waals surface area contributed by atoms with Crippen molar-refractivity contribution in [3.8, 4) is 6.07 Å². The highest BCUT2D eigenvalue weighted by Crippen LogP contribution is 2.36. The smallest absolute Gasteiger partial charge is 0.344 e. The SMILES string of the molecule is N#Cc1ccnnc1N1CCCC1c1nc2ccccc2c(=O)n1CC(F)(F)F. The van der Waals surface area contributed by atoms with E-state index in [1.54, 1.807) is 23.1 Å². The fourth-order valence-corrected chi connectivity index (χ4v) is 3.68. The molecule has 2 aromatic heterocycles. The van der Waals surface area contributed by atoms with E-state index >= 15 is 0 Å². The molecule has 0 bridgehead atoms. The molecule has 29 heavy (non-hydrogen) atoms. The highest BCUT2D eigenvalue weighted by molar-refractivity contribution is 5.77. The van der Waals surface area contributed by atoms with Crippen LogP contribution in [0.25, 0.3) is 10.9 Å². The monoisotopic (exact) mass is 400 g/mol. The molecule has 1 fully saturated rings. The molecule has 1 aliphatic rings. The van der Waals surface area contributed by atoms with E-state index in [0.29, 0.717) is 29.5 Å². The van der Waals surface area contributed by atoms with Crippen LogP contribution < -0.4 is 10.5 Å². The number of hydrogen-bond acceptors (Lipinski definition) is 6. The highest BCUT2D eigenvalue weighted by Gasteiger charge is 2.36. The topological polar surface area (TPSA) is 87.7 Å². The van der Waals surface area contributed by atoms with Gasteiger partial charge in [-0.3, -0.25) is 9.36 Å². The molecule has 1 aromatic carbocycles. The lowest BCUT2D eigenvalue weighted by molar-refractivity contribution is -0.141. The van der Waals surface area contributed by atoms with Crippen LogP contribution in [0.1, 0.15) is 30.3 Å². The van der Waals surface area contributed by atoms with Crippen molar-refractivity contribution in [2.45, 2.75) is 31.6 Å². The van der Waals surface area contributed by atoms with E-state index in [0.717, 1.165) is 0 Å². The average molecular weight is 400 g/mol. The number of alkyl halides is 3. The van der Waals surface area contributed by atoms with Gasteiger partial charge in [0.1, 0.15) is 18.4 Å². The average Bonchev–Trinajstić information content (AvgIpc) is 3.18. The largest absolute Gasteiger partial charge is 0.406 e. The maximum absolute atomic E-state index is 13.3. The number of fused-ring (bicyclic) bond motifs is 1. The zero-order chi connectivity index (χ0) is 20.6. The molecule has 7 nitrogen and oxygen atoms in total. The molecule has 1 saturated heterocycles. The summed E-state index contributed by atoms with van der Waals surface area (Å²) in [5, 5.41) is 17.3. The molecule has 1 unspecified atom stereocenters. The summed E-state index contributed by atoms with van der Waals surface area (Å²) in [6.45, 7) is -0.971. The molecule has 10 heteroatoms. The minimum Gasteiger partial charge on any atom is -0.344 e. The third-order valence-corrected chi connectivity index (χ3v) is 4.87. The van der Waals surface area contributed by atoms with E-state index < -0.39 is 24.3 Å². The number of nitriles is 1. The second kappa shape index (κ2) is 7.16. The predicted octanol–water partition coefficient (Wildman–Crippen LogP) is 2.96. The van der Waals surface area contributed by atoms with Gasteiger partial charge in [-0.15, -0.1) is 5.10 Å².